The molecule has 3 aromatic heterocycles. The minimum Gasteiger partial charge on any atom is -0.443 e. The summed E-state index contributed by atoms with van der Waals surface area (Å²) >= 11 is 0. The molecule has 1 N–H and O–H groups in total. The van der Waals surface area contributed by atoms with Crippen LogP contribution in [0.4, 0.5) is 10.6 Å². The zero-order valence-corrected chi connectivity index (χ0v) is 20.4. The number of hydrogen-bond acceptors (Lipinski definition) is 4. The first kappa shape index (κ1) is 23.3. The summed E-state index contributed by atoms with van der Waals surface area (Å²) in [6, 6.07) is 15.0. The smallest absolute Gasteiger partial charge is 0.418 e. The third-order valence-corrected chi connectivity index (χ3v) is 5.34. The topological polar surface area (TPSA) is 77.6 Å². The van der Waals surface area contributed by atoms with E-state index in [1.807, 2.05) is 73.8 Å². The number of hydrogen-bond donors (Lipinski definition) is 1. The van der Waals surface area contributed by atoms with Crippen molar-refractivity contribution in [2.24, 2.45) is 0 Å². The third kappa shape index (κ3) is 5.03. The number of amides is 1. The Labute approximate surface area is 199 Å². The van der Waals surface area contributed by atoms with E-state index in [0.717, 1.165) is 5.56 Å². The van der Waals surface area contributed by atoms with Gasteiger partial charge in [0.15, 0.2) is 5.82 Å². The molecule has 0 aliphatic rings. The van der Waals surface area contributed by atoms with E-state index in [-0.39, 0.29) is 11.3 Å². The molecule has 0 spiro atoms. The van der Waals surface area contributed by atoms with Gasteiger partial charge in [0.05, 0.1) is 11.9 Å². The number of carbonyl (C=O) groups is 2. The predicted molar refractivity (Wildman–Crippen MR) is 133 cm³/mol. The van der Waals surface area contributed by atoms with Crippen molar-refractivity contribution in [1.82, 2.24) is 14.0 Å². The van der Waals surface area contributed by atoms with E-state index in [0.29, 0.717) is 22.7 Å². The molecule has 4 aromatic rings. The number of nitrogens with one attached hydrogen (secondary N) is 1. The van der Waals surface area contributed by atoms with E-state index in [9.17, 15) is 9.59 Å². The molecule has 0 bridgehead atoms. The first-order valence-electron chi connectivity index (χ1n) is 11.2. The molecule has 0 atom stereocenters. The SMILES string of the molecule is CC(C)(C)OC(=O)n1cccc1-c1ccc2nc(NC(=O)c3ccc(C(C)(C)C)cc3)cn2c1. The van der Waals surface area contributed by atoms with Gasteiger partial charge in [0, 0.05) is 23.5 Å². The second-order valence-corrected chi connectivity index (χ2v) is 10.3. The van der Waals surface area contributed by atoms with E-state index in [4.69, 9.17) is 4.74 Å². The monoisotopic (exact) mass is 458 g/mol. The van der Waals surface area contributed by atoms with E-state index in [1.165, 1.54) is 10.1 Å². The van der Waals surface area contributed by atoms with Crippen LogP contribution in [0, 0.1) is 0 Å². The lowest BCUT2D eigenvalue weighted by Crippen LogP contribution is -2.27. The van der Waals surface area contributed by atoms with Crippen LogP contribution in [-0.4, -0.2) is 31.6 Å². The van der Waals surface area contributed by atoms with Gasteiger partial charge in [-0.2, -0.15) is 0 Å². The molecule has 0 saturated heterocycles. The molecule has 7 heteroatoms. The first-order chi connectivity index (χ1) is 15.9. The van der Waals surface area contributed by atoms with Gasteiger partial charge < -0.3 is 14.5 Å². The maximum atomic E-state index is 12.7. The van der Waals surface area contributed by atoms with Gasteiger partial charge in [-0.05, 0) is 68.1 Å². The van der Waals surface area contributed by atoms with Gasteiger partial charge in [-0.15, -0.1) is 0 Å². The molecule has 0 saturated carbocycles. The number of fused-ring (bicyclic) bond motifs is 1. The fourth-order valence-corrected chi connectivity index (χ4v) is 3.60. The summed E-state index contributed by atoms with van der Waals surface area (Å²) in [4.78, 5) is 29.8. The molecule has 0 aliphatic heterocycles. The van der Waals surface area contributed by atoms with E-state index < -0.39 is 11.7 Å². The maximum absolute atomic E-state index is 12.7. The van der Waals surface area contributed by atoms with Crippen molar-refractivity contribution < 1.29 is 14.3 Å². The summed E-state index contributed by atoms with van der Waals surface area (Å²) < 4.78 is 8.80. The maximum Gasteiger partial charge on any atom is 0.418 e. The summed E-state index contributed by atoms with van der Waals surface area (Å²) in [5.41, 5.74) is 3.37. The fraction of sp³-hybridized carbons (Fsp3) is 0.296. The van der Waals surface area contributed by atoms with Gasteiger partial charge in [-0.1, -0.05) is 32.9 Å². The van der Waals surface area contributed by atoms with Gasteiger partial charge in [0.2, 0.25) is 0 Å². The Morgan fingerprint density at radius 2 is 1.62 bits per heavy atom. The Kier molecular flexibility index (Phi) is 5.81. The van der Waals surface area contributed by atoms with Crippen molar-refractivity contribution in [3.05, 3.63) is 78.2 Å². The molecule has 1 amide bonds. The number of carbonyl (C=O) groups excluding carboxylic acids is 2. The lowest BCUT2D eigenvalue weighted by atomic mass is 9.87. The highest BCUT2D eigenvalue weighted by Crippen LogP contribution is 2.24. The van der Waals surface area contributed by atoms with Crippen LogP contribution >= 0.6 is 0 Å². The van der Waals surface area contributed by atoms with Crippen LogP contribution in [0.3, 0.4) is 0 Å². The van der Waals surface area contributed by atoms with E-state index >= 15 is 0 Å². The average molecular weight is 459 g/mol. The van der Waals surface area contributed by atoms with Crippen LogP contribution in [0.15, 0.2) is 67.1 Å². The number of pyridine rings is 1. The van der Waals surface area contributed by atoms with Crippen LogP contribution in [0.1, 0.15) is 57.5 Å². The molecule has 176 valence electrons. The standard InChI is InChI=1S/C27H30N4O3/c1-26(2,3)20-12-9-18(10-13-20)24(32)29-22-17-30-16-19(11-14-23(30)28-22)21-8-7-15-31(21)25(33)34-27(4,5)6/h7-17H,1-6H3,(H,29,32). The van der Waals surface area contributed by atoms with E-state index in [1.54, 1.807) is 18.5 Å². The zero-order chi connectivity index (χ0) is 24.7. The molecule has 4 rings (SSSR count). The van der Waals surface area contributed by atoms with Crippen molar-refractivity contribution in [2.45, 2.75) is 52.6 Å². The lowest BCUT2D eigenvalue weighted by molar-refractivity contribution is 0.0540. The molecule has 1 aromatic carbocycles. The van der Waals surface area contributed by atoms with Crippen molar-refractivity contribution >= 4 is 23.5 Å². The highest BCUT2D eigenvalue weighted by atomic mass is 16.6. The van der Waals surface area contributed by atoms with Crippen LogP contribution in [0.25, 0.3) is 16.9 Å². The normalized spacial score (nSPS) is 12.1. The molecule has 0 aliphatic carbocycles. The minimum absolute atomic E-state index is 0.0254. The summed E-state index contributed by atoms with van der Waals surface area (Å²) in [5, 5.41) is 2.87. The fourth-order valence-electron chi connectivity index (χ4n) is 3.60. The number of rotatable bonds is 3. The van der Waals surface area contributed by atoms with Crippen molar-refractivity contribution in [3.8, 4) is 11.3 Å². The quantitative estimate of drug-likeness (QED) is 0.400. The molecule has 0 unspecified atom stereocenters. The second kappa shape index (κ2) is 8.48. The number of benzene rings is 1. The molecular formula is C27H30N4O3. The summed E-state index contributed by atoms with van der Waals surface area (Å²) in [7, 11) is 0. The summed E-state index contributed by atoms with van der Waals surface area (Å²) in [5.74, 6) is 0.229. The molecule has 7 nitrogen and oxygen atoms in total. The number of nitrogens with zero attached hydrogens (tertiary/aromatic N) is 3. The van der Waals surface area contributed by atoms with Crippen LogP contribution in [0.5, 0.6) is 0 Å². The van der Waals surface area contributed by atoms with Gasteiger partial charge in [0.1, 0.15) is 11.2 Å². The summed E-state index contributed by atoms with van der Waals surface area (Å²) in [6.07, 6.45) is 4.86. The molecule has 0 fully saturated rings. The molecule has 34 heavy (non-hydrogen) atoms. The highest BCUT2D eigenvalue weighted by molar-refractivity contribution is 6.03. The van der Waals surface area contributed by atoms with Gasteiger partial charge >= 0.3 is 6.09 Å². The average Bonchev–Trinajstić information content (AvgIpc) is 3.38. The number of imidazole rings is 1. The van der Waals surface area contributed by atoms with Crippen LogP contribution in [-0.2, 0) is 10.2 Å². The number of aromatic nitrogens is 3. The van der Waals surface area contributed by atoms with Gasteiger partial charge in [0.25, 0.3) is 5.91 Å². The van der Waals surface area contributed by atoms with Gasteiger partial charge in [-0.25, -0.2) is 9.78 Å². The Hall–Kier alpha value is -3.87. The Balaban J connectivity index is 1.55. The van der Waals surface area contributed by atoms with Gasteiger partial charge in [-0.3, -0.25) is 9.36 Å². The van der Waals surface area contributed by atoms with Crippen LogP contribution < -0.4 is 5.32 Å². The van der Waals surface area contributed by atoms with E-state index in [2.05, 4.69) is 31.1 Å². The zero-order valence-electron chi connectivity index (χ0n) is 20.4. The Morgan fingerprint density at radius 3 is 2.26 bits per heavy atom. The largest absolute Gasteiger partial charge is 0.443 e. The number of ether oxygens (including phenoxy) is 1. The van der Waals surface area contributed by atoms with Crippen molar-refractivity contribution in [3.63, 3.8) is 0 Å². The summed E-state index contributed by atoms with van der Waals surface area (Å²) in [6.45, 7) is 11.9. The molecular weight excluding hydrogens is 428 g/mol. The van der Waals surface area contributed by atoms with Crippen molar-refractivity contribution in [2.75, 3.05) is 5.32 Å². The third-order valence-electron chi connectivity index (χ3n) is 5.34. The predicted octanol–water partition coefficient (Wildman–Crippen LogP) is 6.14. The lowest BCUT2D eigenvalue weighted by Gasteiger charge is -2.20. The van der Waals surface area contributed by atoms with Crippen molar-refractivity contribution in [1.29, 1.82) is 0 Å². The van der Waals surface area contributed by atoms with Crippen LogP contribution in [0.2, 0.25) is 0 Å². The highest BCUT2D eigenvalue weighted by Gasteiger charge is 2.20. The minimum atomic E-state index is -0.590. The first-order valence-corrected chi connectivity index (χ1v) is 11.2. The molecule has 0 radical (unpaired) electrons. The Bertz CT molecular complexity index is 1350. The molecule has 3 heterocycles. The number of anilines is 1. The Morgan fingerprint density at radius 1 is 0.912 bits per heavy atom. The second-order valence-electron chi connectivity index (χ2n) is 10.3.